The number of benzene rings is 1. The van der Waals surface area contributed by atoms with E-state index in [2.05, 4.69) is 5.32 Å². The Balaban J connectivity index is 2.98. The second-order valence-electron chi connectivity index (χ2n) is 4.51. The lowest BCUT2D eigenvalue weighted by molar-refractivity contribution is 0.0817. The quantitative estimate of drug-likeness (QED) is 0.863. The Morgan fingerprint density at radius 1 is 1.39 bits per heavy atom. The minimum absolute atomic E-state index is 0.0641. The zero-order valence-electron chi connectivity index (χ0n) is 11.1. The molecule has 0 aliphatic rings. The molecule has 0 bridgehead atoms. The van der Waals surface area contributed by atoms with Crippen LogP contribution in [0, 0.1) is 6.92 Å². The Kier molecular flexibility index (Phi) is 5.17. The number of nitrogens with one attached hydrogen (secondary N) is 1. The molecule has 0 fully saturated rings. The Bertz CT molecular complexity index is 420. The molecule has 0 saturated heterocycles. The van der Waals surface area contributed by atoms with E-state index in [1.807, 2.05) is 20.8 Å². The maximum Gasteiger partial charge on any atom is 0.252 e. The first-order valence-corrected chi connectivity index (χ1v) is 6.56. The molecule has 0 atom stereocenters. The van der Waals surface area contributed by atoms with E-state index >= 15 is 0 Å². The molecular formula is C14H20ClNO2. The zero-order valence-corrected chi connectivity index (χ0v) is 11.8. The van der Waals surface area contributed by atoms with Gasteiger partial charge in [-0.25, -0.2) is 0 Å². The number of carbonyl (C=O) groups excluding carboxylic acids is 1. The van der Waals surface area contributed by atoms with Gasteiger partial charge in [0.2, 0.25) is 0 Å². The number of aliphatic hydroxyl groups excluding tert-OH is 1. The molecule has 0 radical (unpaired) electrons. The molecule has 3 nitrogen and oxygen atoms in total. The van der Waals surface area contributed by atoms with Gasteiger partial charge >= 0.3 is 0 Å². The molecule has 0 aliphatic carbocycles. The highest BCUT2D eigenvalue weighted by molar-refractivity contribution is 6.31. The average molecular weight is 270 g/mol. The van der Waals surface area contributed by atoms with Crippen molar-refractivity contribution in [2.45, 2.75) is 39.2 Å². The summed E-state index contributed by atoms with van der Waals surface area (Å²) in [5.74, 6) is -0.187. The zero-order chi connectivity index (χ0) is 13.8. The highest BCUT2D eigenvalue weighted by Gasteiger charge is 2.28. The number of halogens is 1. The summed E-state index contributed by atoms with van der Waals surface area (Å²) in [4.78, 5) is 12.2. The second kappa shape index (κ2) is 6.21. The lowest BCUT2D eigenvalue weighted by Crippen LogP contribution is -2.50. The molecule has 1 aromatic rings. The molecule has 1 rings (SSSR count). The van der Waals surface area contributed by atoms with E-state index in [4.69, 9.17) is 11.6 Å². The predicted octanol–water partition coefficient (Wildman–Crippen LogP) is 2.93. The van der Waals surface area contributed by atoms with Crippen LogP contribution in [0.3, 0.4) is 0 Å². The number of amides is 1. The molecule has 0 heterocycles. The van der Waals surface area contributed by atoms with Crippen molar-refractivity contribution in [2.24, 2.45) is 0 Å². The molecule has 0 aromatic heterocycles. The van der Waals surface area contributed by atoms with Crippen LogP contribution in [0.25, 0.3) is 0 Å². The summed E-state index contributed by atoms with van der Waals surface area (Å²) < 4.78 is 0. The van der Waals surface area contributed by atoms with E-state index in [1.165, 1.54) is 0 Å². The largest absolute Gasteiger partial charge is 0.394 e. The van der Waals surface area contributed by atoms with Crippen molar-refractivity contribution in [1.82, 2.24) is 5.32 Å². The third-order valence-corrected chi connectivity index (χ3v) is 3.96. The van der Waals surface area contributed by atoms with Crippen LogP contribution in [0.1, 0.15) is 42.6 Å². The van der Waals surface area contributed by atoms with Gasteiger partial charge in [-0.1, -0.05) is 31.5 Å². The SMILES string of the molecule is CCC(CC)(CO)NC(=O)c1cccc(Cl)c1C. The lowest BCUT2D eigenvalue weighted by atomic mass is 9.93. The summed E-state index contributed by atoms with van der Waals surface area (Å²) in [5, 5.41) is 12.9. The summed E-state index contributed by atoms with van der Waals surface area (Å²) in [6.07, 6.45) is 1.37. The van der Waals surface area contributed by atoms with Gasteiger partial charge in [0.15, 0.2) is 0 Å². The highest BCUT2D eigenvalue weighted by atomic mass is 35.5. The molecule has 0 spiro atoms. The van der Waals surface area contributed by atoms with Crippen LogP contribution < -0.4 is 5.32 Å². The molecule has 1 amide bonds. The van der Waals surface area contributed by atoms with Crippen LogP contribution in [0.5, 0.6) is 0 Å². The maximum absolute atomic E-state index is 12.2. The van der Waals surface area contributed by atoms with Crippen molar-refractivity contribution in [1.29, 1.82) is 0 Å². The third-order valence-electron chi connectivity index (χ3n) is 3.55. The first kappa shape index (κ1) is 15.0. The maximum atomic E-state index is 12.2. The van der Waals surface area contributed by atoms with Crippen LogP contribution in [0.4, 0.5) is 0 Å². The predicted molar refractivity (Wildman–Crippen MR) is 74.1 cm³/mol. The minimum atomic E-state index is -0.550. The van der Waals surface area contributed by atoms with Crippen LogP contribution in [0.15, 0.2) is 18.2 Å². The van der Waals surface area contributed by atoms with Crippen LogP contribution in [-0.2, 0) is 0 Å². The summed E-state index contributed by atoms with van der Waals surface area (Å²) in [6, 6.07) is 5.25. The van der Waals surface area contributed by atoms with Gasteiger partial charge < -0.3 is 10.4 Å². The van der Waals surface area contributed by atoms with Crippen LogP contribution in [-0.4, -0.2) is 23.2 Å². The number of aliphatic hydroxyl groups is 1. The van der Waals surface area contributed by atoms with Crippen molar-refractivity contribution >= 4 is 17.5 Å². The van der Waals surface area contributed by atoms with Gasteiger partial charge in [0.05, 0.1) is 12.1 Å². The van der Waals surface area contributed by atoms with Gasteiger partial charge in [-0.15, -0.1) is 0 Å². The number of hydrogen-bond acceptors (Lipinski definition) is 2. The van der Waals surface area contributed by atoms with E-state index < -0.39 is 5.54 Å². The fourth-order valence-electron chi connectivity index (χ4n) is 1.85. The summed E-state index contributed by atoms with van der Waals surface area (Å²) >= 11 is 6.00. The van der Waals surface area contributed by atoms with Crippen molar-refractivity contribution in [3.8, 4) is 0 Å². The van der Waals surface area contributed by atoms with E-state index in [0.717, 1.165) is 5.56 Å². The summed E-state index contributed by atoms with van der Waals surface area (Å²) in [6.45, 7) is 5.65. The van der Waals surface area contributed by atoms with Gasteiger partial charge in [-0.2, -0.15) is 0 Å². The van der Waals surface area contributed by atoms with Gasteiger partial charge in [0, 0.05) is 10.6 Å². The number of rotatable bonds is 5. The van der Waals surface area contributed by atoms with E-state index in [-0.39, 0.29) is 12.5 Å². The van der Waals surface area contributed by atoms with Gasteiger partial charge in [0.1, 0.15) is 0 Å². The molecule has 2 N–H and O–H groups in total. The fourth-order valence-corrected chi connectivity index (χ4v) is 2.03. The lowest BCUT2D eigenvalue weighted by Gasteiger charge is -2.31. The Morgan fingerprint density at radius 3 is 2.50 bits per heavy atom. The summed E-state index contributed by atoms with van der Waals surface area (Å²) in [7, 11) is 0. The van der Waals surface area contributed by atoms with Gasteiger partial charge in [-0.3, -0.25) is 4.79 Å². The molecule has 18 heavy (non-hydrogen) atoms. The van der Waals surface area contributed by atoms with E-state index in [9.17, 15) is 9.90 Å². The fraction of sp³-hybridized carbons (Fsp3) is 0.500. The molecular weight excluding hydrogens is 250 g/mol. The topological polar surface area (TPSA) is 49.3 Å². The standard InChI is InChI=1S/C14H20ClNO2/c1-4-14(5-2,9-17)16-13(18)11-7-6-8-12(15)10(11)3/h6-8,17H,4-5,9H2,1-3H3,(H,16,18). The summed E-state index contributed by atoms with van der Waals surface area (Å²) in [5.41, 5.74) is 0.768. The minimum Gasteiger partial charge on any atom is -0.394 e. The number of hydrogen-bond donors (Lipinski definition) is 2. The third kappa shape index (κ3) is 3.03. The second-order valence-corrected chi connectivity index (χ2v) is 4.92. The molecule has 0 saturated carbocycles. The molecule has 0 unspecified atom stereocenters. The monoisotopic (exact) mass is 269 g/mol. The van der Waals surface area contributed by atoms with E-state index in [0.29, 0.717) is 23.4 Å². The van der Waals surface area contributed by atoms with E-state index in [1.54, 1.807) is 18.2 Å². The number of carbonyl (C=O) groups is 1. The highest BCUT2D eigenvalue weighted by Crippen LogP contribution is 2.21. The molecule has 0 aliphatic heterocycles. The smallest absolute Gasteiger partial charge is 0.252 e. The van der Waals surface area contributed by atoms with Crippen molar-refractivity contribution in [3.05, 3.63) is 34.3 Å². The Labute approximate surface area is 113 Å². The van der Waals surface area contributed by atoms with Crippen molar-refractivity contribution in [3.63, 3.8) is 0 Å². The van der Waals surface area contributed by atoms with Gasteiger partial charge in [0.25, 0.3) is 5.91 Å². The Morgan fingerprint density at radius 2 is 2.00 bits per heavy atom. The molecule has 1 aromatic carbocycles. The first-order chi connectivity index (χ1) is 8.49. The normalized spacial score (nSPS) is 11.4. The first-order valence-electron chi connectivity index (χ1n) is 6.18. The molecule has 4 heteroatoms. The van der Waals surface area contributed by atoms with Crippen molar-refractivity contribution < 1.29 is 9.90 Å². The Hall–Kier alpha value is -1.06. The molecule has 100 valence electrons. The van der Waals surface area contributed by atoms with Crippen molar-refractivity contribution in [2.75, 3.05) is 6.61 Å². The average Bonchev–Trinajstić information content (AvgIpc) is 2.39. The van der Waals surface area contributed by atoms with Crippen LogP contribution >= 0.6 is 11.6 Å². The van der Waals surface area contributed by atoms with Crippen LogP contribution in [0.2, 0.25) is 5.02 Å². The van der Waals surface area contributed by atoms with Gasteiger partial charge in [-0.05, 0) is 37.5 Å².